The second kappa shape index (κ2) is 13.1. The van der Waals surface area contributed by atoms with Gasteiger partial charge in [-0.25, -0.2) is 4.39 Å². The first kappa shape index (κ1) is 23.9. The van der Waals surface area contributed by atoms with Gasteiger partial charge in [0.25, 0.3) is 5.91 Å². The van der Waals surface area contributed by atoms with Crippen molar-refractivity contribution < 1.29 is 9.18 Å². The Morgan fingerprint density at radius 1 is 1.04 bits per heavy atom. The van der Waals surface area contributed by atoms with Gasteiger partial charge in [-0.3, -0.25) is 9.79 Å². The van der Waals surface area contributed by atoms with Gasteiger partial charge in [0.05, 0.1) is 0 Å². The number of aryl methyl sites for hydroxylation is 1. The van der Waals surface area contributed by atoms with Crippen molar-refractivity contribution >= 4 is 35.8 Å². The molecule has 0 bridgehead atoms. The van der Waals surface area contributed by atoms with Crippen LogP contribution in [0.3, 0.4) is 0 Å². The first-order valence-corrected chi connectivity index (χ1v) is 9.20. The molecule has 152 valence electrons. The Hall–Kier alpha value is -2.16. The second-order valence-electron chi connectivity index (χ2n) is 6.15. The van der Waals surface area contributed by atoms with Crippen molar-refractivity contribution in [1.29, 1.82) is 0 Å². The van der Waals surface area contributed by atoms with Crippen molar-refractivity contribution in [3.05, 3.63) is 71.0 Å². The number of aliphatic imine (C=N–C) groups is 1. The summed E-state index contributed by atoms with van der Waals surface area (Å²) in [6.07, 6.45) is 0.535. The molecular weight excluding hydrogens is 470 g/mol. The van der Waals surface area contributed by atoms with Gasteiger partial charge in [0.15, 0.2) is 5.96 Å². The van der Waals surface area contributed by atoms with E-state index in [1.807, 2.05) is 38.1 Å². The highest BCUT2D eigenvalue weighted by atomic mass is 127. The monoisotopic (exact) mass is 498 g/mol. The Labute approximate surface area is 183 Å². The molecule has 1 amide bonds. The average molecular weight is 498 g/mol. The van der Waals surface area contributed by atoms with Crippen LogP contribution < -0.4 is 16.0 Å². The standard InChI is InChI=1S/C21H27FN4O.HI/c1-3-23-21(25-12-11-17-8-4-5-10-19(17)22)26-14-13-24-20(27)18-9-6-7-16(2)15-18;/h4-10,15H,3,11-14H2,1-2H3,(H,24,27)(H2,23,25,26);1H. The fraction of sp³-hybridized carbons (Fsp3) is 0.333. The first-order valence-electron chi connectivity index (χ1n) is 9.20. The van der Waals surface area contributed by atoms with Crippen LogP contribution in [0.15, 0.2) is 53.5 Å². The summed E-state index contributed by atoms with van der Waals surface area (Å²) in [5, 5.41) is 9.19. The number of nitrogens with one attached hydrogen (secondary N) is 3. The van der Waals surface area contributed by atoms with Gasteiger partial charge in [-0.2, -0.15) is 0 Å². The Kier molecular flexibility index (Phi) is 11.2. The second-order valence-corrected chi connectivity index (χ2v) is 6.15. The smallest absolute Gasteiger partial charge is 0.251 e. The predicted octanol–water partition coefficient (Wildman–Crippen LogP) is 3.28. The van der Waals surface area contributed by atoms with Crippen LogP contribution in [0.25, 0.3) is 0 Å². The number of benzene rings is 2. The molecule has 7 heteroatoms. The van der Waals surface area contributed by atoms with Crippen LogP contribution in [-0.4, -0.2) is 38.0 Å². The molecule has 0 fully saturated rings. The fourth-order valence-electron chi connectivity index (χ4n) is 2.58. The number of rotatable bonds is 8. The van der Waals surface area contributed by atoms with Crippen LogP contribution in [-0.2, 0) is 6.42 Å². The lowest BCUT2D eigenvalue weighted by Gasteiger charge is -2.12. The highest BCUT2D eigenvalue weighted by molar-refractivity contribution is 14.0. The summed E-state index contributed by atoms with van der Waals surface area (Å²) in [4.78, 5) is 16.6. The van der Waals surface area contributed by atoms with Gasteiger partial charge < -0.3 is 16.0 Å². The van der Waals surface area contributed by atoms with Gasteiger partial charge in [0.2, 0.25) is 0 Å². The minimum atomic E-state index is -0.204. The zero-order valence-electron chi connectivity index (χ0n) is 16.3. The molecule has 0 saturated heterocycles. The molecule has 0 unspecified atom stereocenters. The van der Waals surface area contributed by atoms with E-state index < -0.39 is 0 Å². The molecule has 0 atom stereocenters. The number of guanidine groups is 1. The van der Waals surface area contributed by atoms with Crippen LogP contribution in [0.1, 0.15) is 28.4 Å². The van der Waals surface area contributed by atoms with E-state index in [0.29, 0.717) is 43.1 Å². The average Bonchev–Trinajstić information content (AvgIpc) is 2.66. The van der Waals surface area contributed by atoms with E-state index in [1.54, 1.807) is 18.2 Å². The Morgan fingerprint density at radius 2 is 1.79 bits per heavy atom. The van der Waals surface area contributed by atoms with Crippen LogP contribution in [0.2, 0.25) is 0 Å². The summed E-state index contributed by atoms with van der Waals surface area (Å²) in [5.41, 5.74) is 2.36. The van der Waals surface area contributed by atoms with Crippen molar-refractivity contribution in [2.24, 2.45) is 4.99 Å². The van der Waals surface area contributed by atoms with Gasteiger partial charge in [0.1, 0.15) is 5.82 Å². The number of hydrogen-bond acceptors (Lipinski definition) is 2. The molecule has 28 heavy (non-hydrogen) atoms. The van der Waals surface area contributed by atoms with Crippen LogP contribution >= 0.6 is 24.0 Å². The summed E-state index contributed by atoms with van der Waals surface area (Å²) in [5.74, 6) is 0.352. The molecule has 0 aliphatic rings. The SMILES string of the molecule is CCNC(=NCCc1ccccc1F)NCCNC(=O)c1cccc(C)c1.I. The number of carbonyl (C=O) groups excluding carboxylic acids is 1. The molecule has 0 aliphatic heterocycles. The molecular formula is C21H28FIN4O. The van der Waals surface area contributed by atoms with Crippen molar-refractivity contribution in [2.45, 2.75) is 20.3 Å². The maximum atomic E-state index is 13.6. The van der Waals surface area contributed by atoms with E-state index in [0.717, 1.165) is 12.1 Å². The molecule has 0 aromatic heterocycles. The minimum absolute atomic E-state index is 0. The largest absolute Gasteiger partial charge is 0.357 e. The molecule has 5 nitrogen and oxygen atoms in total. The van der Waals surface area contributed by atoms with Gasteiger partial charge in [-0.15, -0.1) is 24.0 Å². The summed E-state index contributed by atoms with van der Waals surface area (Å²) >= 11 is 0. The van der Waals surface area contributed by atoms with Gasteiger partial charge in [0, 0.05) is 31.7 Å². The van der Waals surface area contributed by atoms with E-state index >= 15 is 0 Å². The molecule has 2 rings (SSSR count). The molecule has 2 aromatic rings. The molecule has 0 saturated carbocycles. The third-order valence-electron chi connectivity index (χ3n) is 3.94. The number of carbonyl (C=O) groups is 1. The van der Waals surface area contributed by atoms with E-state index in [2.05, 4.69) is 20.9 Å². The number of hydrogen-bond donors (Lipinski definition) is 3. The fourth-order valence-corrected chi connectivity index (χ4v) is 2.58. The maximum absolute atomic E-state index is 13.6. The van der Waals surface area contributed by atoms with Crippen molar-refractivity contribution in [3.8, 4) is 0 Å². The van der Waals surface area contributed by atoms with Gasteiger partial charge in [-0.05, 0) is 44.0 Å². The maximum Gasteiger partial charge on any atom is 0.251 e. The van der Waals surface area contributed by atoms with Crippen LogP contribution in [0.4, 0.5) is 4.39 Å². The quantitative estimate of drug-likeness (QED) is 0.227. The van der Waals surface area contributed by atoms with E-state index in [9.17, 15) is 9.18 Å². The third-order valence-corrected chi connectivity index (χ3v) is 3.94. The Bertz CT molecular complexity index is 783. The molecule has 0 heterocycles. The van der Waals surface area contributed by atoms with Gasteiger partial charge >= 0.3 is 0 Å². The van der Waals surface area contributed by atoms with Crippen LogP contribution in [0.5, 0.6) is 0 Å². The first-order chi connectivity index (χ1) is 13.1. The molecule has 2 aromatic carbocycles. The van der Waals surface area contributed by atoms with Crippen molar-refractivity contribution in [3.63, 3.8) is 0 Å². The highest BCUT2D eigenvalue weighted by Crippen LogP contribution is 2.06. The zero-order valence-corrected chi connectivity index (χ0v) is 18.6. The molecule has 0 spiro atoms. The van der Waals surface area contributed by atoms with E-state index in [4.69, 9.17) is 0 Å². The topological polar surface area (TPSA) is 65.5 Å². The molecule has 0 radical (unpaired) electrons. The third kappa shape index (κ3) is 8.24. The predicted molar refractivity (Wildman–Crippen MR) is 123 cm³/mol. The highest BCUT2D eigenvalue weighted by Gasteiger charge is 2.05. The van der Waals surface area contributed by atoms with Crippen molar-refractivity contribution in [2.75, 3.05) is 26.2 Å². The van der Waals surface area contributed by atoms with Crippen molar-refractivity contribution in [1.82, 2.24) is 16.0 Å². The van der Waals surface area contributed by atoms with E-state index in [1.165, 1.54) is 6.07 Å². The zero-order chi connectivity index (χ0) is 19.5. The summed E-state index contributed by atoms with van der Waals surface area (Å²) < 4.78 is 13.6. The summed E-state index contributed by atoms with van der Waals surface area (Å²) in [6.45, 7) is 6.16. The Balaban J connectivity index is 0.00000392. The number of halogens is 2. The van der Waals surface area contributed by atoms with Gasteiger partial charge in [-0.1, -0.05) is 35.9 Å². The van der Waals surface area contributed by atoms with Crippen LogP contribution in [0, 0.1) is 12.7 Å². The lowest BCUT2D eigenvalue weighted by atomic mass is 10.1. The summed E-state index contributed by atoms with van der Waals surface area (Å²) in [7, 11) is 0. The Morgan fingerprint density at radius 3 is 2.50 bits per heavy atom. The lowest BCUT2D eigenvalue weighted by molar-refractivity contribution is 0.0954. The summed E-state index contributed by atoms with van der Waals surface area (Å²) in [6, 6.07) is 14.2. The molecule has 3 N–H and O–H groups in total. The van der Waals surface area contributed by atoms with E-state index in [-0.39, 0.29) is 35.7 Å². The minimum Gasteiger partial charge on any atom is -0.357 e. The number of amides is 1. The number of nitrogens with zero attached hydrogens (tertiary/aromatic N) is 1. The molecule has 0 aliphatic carbocycles. The normalized spacial score (nSPS) is 10.8. The lowest BCUT2D eigenvalue weighted by Crippen LogP contribution is -2.41.